The molecule has 0 aliphatic rings. The van der Waals surface area contributed by atoms with Gasteiger partial charge in [-0.25, -0.2) is 9.59 Å². The fraction of sp³-hybridized carbons (Fsp3) is 0.273. The molecule has 2 aromatic heterocycles. The highest BCUT2D eigenvalue weighted by Gasteiger charge is 2.10. The number of hydrogen-bond donors (Lipinski definition) is 3. The van der Waals surface area contributed by atoms with E-state index in [1.165, 1.54) is 18.5 Å². The third-order valence-corrected chi connectivity index (χ3v) is 2.51. The van der Waals surface area contributed by atoms with Gasteiger partial charge in [-0.1, -0.05) is 0 Å². The van der Waals surface area contributed by atoms with Gasteiger partial charge < -0.3 is 24.7 Å². The molecule has 0 saturated heterocycles. The van der Waals surface area contributed by atoms with Crippen molar-refractivity contribution < 1.29 is 19.1 Å². The SMILES string of the molecule is Cn1cnnc1CNC(=O)NCc1ccc(C(=O)O)o1. The summed E-state index contributed by atoms with van der Waals surface area (Å²) in [5.74, 6) is -0.341. The number of amides is 2. The number of aromatic carboxylic acids is 1. The van der Waals surface area contributed by atoms with Crippen LogP contribution >= 0.6 is 0 Å². The number of nitrogens with zero attached hydrogens (tertiary/aromatic N) is 3. The summed E-state index contributed by atoms with van der Waals surface area (Å²) < 4.78 is 6.68. The van der Waals surface area contributed by atoms with E-state index in [1.54, 1.807) is 11.6 Å². The van der Waals surface area contributed by atoms with Gasteiger partial charge in [0.1, 0.15) is 12.1 Å². The molecule has 0 unspecified atom stereocenters. The van der Waals surface area contributed by atoms with Crippen LogP contribution in [0.4, 0.5) is 4.79 Å². The minimum Gasteiger partial charge on any atom is -0.475 e. The summed E-state index contributed by atoms with van der Waals surface area (Å²) in [4.78, 5) is 22.1. The summed E-state index contributed by atoms with van der Waals surface area (Å²) in [6.45, 7) is 0.332. The van der Waals surface area contributed by atoms with Gasteiger partial charge in [-0.3, -0.25) is 0 Å². The molecule has 9 nitrogen and oxygen atoms in total. The molecule has 0 aliphatic heterocycles. The number of aryl methyl sites for hydroxylation is 1. The van der Waals surface area contributed by atoms with E-state index in [9.17, 15) is 9.59 Å². The fourth-order valence-electron chi connectivity index (χ4n) is 1.44. The standard InChI is InChI=1S/C11H13N5O4/c1-16-6-14-15-9(16)5-13-11(19)12-4-7-2-3-8(20-7)10(17)18/h2-3,6H,4-5H2,1H3,(H,17,18)(H2,12,13,19). The Morgan fingerprint density at radius 1 is 1.35 bits per heavy atom. The minimum atomic E-state index is -1.15. The van der Waals surface area contributed by atoms with Crippen molar-refractivity contribution in [3.05, 3.63) is 35.8 Å². The van der Waals surface area contributed by atoms with Gasteiger partial charge in [0.2, 0.25) is 5.76 Å². The highest BCUT2D eigenvalue weighted by Crippen LogP contribution is 2.07. The first-order valence-corrected chi connectivity index (χ1v) is 5.73. The molecule has 20 heavy (non-hydrogen) atoms. The van der Waals surface area contributed by atoms with Crippen LogP contribution in [0.3, 0.4) is 0 Å². The Balaban J connectivity index is 1.77. The zero-order valence-electron chi connectivity index (χ0n) is 10.7. The fourth-order valence-corrected chi connectivity index (χ4v) is 1.44. The van der Waals surface area contributed by atoms with Gasteiger partial charge in [0.05, 0.1) is 13.1 Å². The second-order valence-corrected chi connectivity index (χ2v) is 3.97. The van der Waals surface area contributed by atoms with Gasteiger partial charge in [0, 0.05) is 7.05 Å². The normalized spacial score (nSPS) is 10.2. The number of urea groups is 1. The van der Waals surface area contributed by atoms with E-state index in [1.807, 2.05) is 0 Å². The summed E-state index contributed by atoms with van der Waals surface area (Å²) in [6, 6.07) is 2.41. The van der Waals surface area contributed by atoms with E-state index in [2.05, 4.69) is 20.8 Å². The van der Waals surface area contributed by atoms with Crippen LogP contribution in [0.25, 0.3) is 0 Å². The number of hydrogen-bond acceptors (Lipinski definition) is 5. The van der Waals surface area contributed by atoms with Crippen LogP contribution < -0.4 is 10.6 Å². The number of nitrogens with one attached hydrogen (secondary N) is 2. The monoisotopic (exact) mass is 279 g/mol. The van der Waals surface area contributed by atoms with Gasteiger partial charge in [-0.2, -0.15) is 0 Å². The molecule has 2 aromatic rings. The van der Waals surface area contributed by atoms with Crippen molar-refractivity contribution in [2.75, 3.05) is 0 Å². The lowest BCUT2D eigenvalue weighted by molar-refractivity contribution is 0.0660. The summed E-state index contributed by atoms with van der Waals surface area (Å²) in [5, 5.41) is 21.3. The molecular weight excluding hydrogens is 266 g/mol. The number of carbonyl (C=O) groups excluding carboxylic acids is 1. The maximum atomic E-state index is 11.5. The van der Waals surface area contributed by atoms with Crippen molar-refractivity contribution in [3.63, 3.8) is 0 Å². The summed E-state index contributed by atoms with van der Waals surface area (Å²) in [5.41, 5.74) is 0. The largest absolute Gasteiger partial charge is 0.475 e. The Hall–Kier alpha value is -2.84. The molecule has 2 rings (SSSR count). The number of aromatic nitrogens is 3. The average Bonchev–Trinajstić information content (AvgIpc) is 3.03. The van der Waals surface area contributed by atoms with Gasteiger partial charge in [-0.05, 0) is 12.1 Å². The molecule has 2 amide bonds. The zero-order chi connectivity index (χ0) is 14.5. The van der Waals surface area contributed by atoms with E-state index < -0.39 is 12.0 Å². The summed E-state index contributed by atoms with van der Waals surface area (Å²) in [7, 11) is 1.77. The van der Waals surface area contributed by atoms with E-state index >= 15 is 0 Å². The first-order chi connectivity index (χ1) is 9.56. The number of furan rings is 1. The van der Waals surface area contributed by atoms with Crippen LogP contribution in [-0.4, -0.2) is 31.9 Å². The third kappa shape index (κ3) is 3.34. The van der Waals surface area contributed by atoms with Crippen LogP contribution in [0.5, 0.6) is 0 Å². The van der Waals surface area contributed by atoms with Gasteiger partial charge >= 0.3 is 12.0 Å². The first kappa shape index (κ1) is 13.6. The van der Waals surface area contributed by atoms with Crippen molar-refractivity contribution in [2.24, 2.45) is 7.05 Å². The molecular formula is C11H13N5O4. The highest BCUT2D eigenvalue weighted by atomic mass is 16.4. The van der Waals surface area contributed by atoms with E-state index in [0.29, 0.717) is 11.6 Å². The molecule has 0 saturated carbocycles. The predicted octanol–water partition coefficient (Wildman–Crippen LogP) is 0.106. The van der Waals surface area contributed by atoms with Crippen LogP contribution in [0.15, 0.2) is 22.9 Å². The van der Waals surface area contributed by atoms with Crippen LogP contribution in [0.1, 0.15) is 22.1 Å². The van der Waals surface area contributed by atoms with Crippen molar-refractivity contribution in [3.8, 4) is 0 Å². The van der Waals surface area contributed by atoms with Crippen LogP contribution in [0, 0.1) is 0 Å². The first-order valence-electron chi connectivity index (χ1n) is 5.73. The quantitative estimate of drug-likeness (QED) is 0.713. The van der Waals surface area contributed by atoms with Crippen LogP contribution in [0.2, 0.25) is 0 Å². The van der Waals surface area contributed by atoms with Crippen molar-refractivity contribution in [1.82, 2.24) is 25.4 Å². The maximum Gasteiger partial charge on any atom is 0.371 e. The molecule has 0 fully saturated rings. The second kappa shape index (κ2) is 5.87. The van der Waals surface area contributed by atoms with Crippen LogP contribution in [-0.2, 0) is 20.1 Å². The van der Waals surface area contributed by atoms with Gasteiger partial charge in [0.25, 0.3) is 0 Å². The molecule has 0 spiro atoms. The third-order valence-electron chi connectivity index (χ3n) is 2.51. The lowest BCUT2D eigenvalue weighted by atomic mass is 10.4. The average molecular weight is 279 g/mol. The molecule has 0 atom stereocenters. The number of rotatable bonds is 5. The Morgan fingerprint density at radius 2 is 2.10 bits per heavy atom. The topological polar surface area (TPSA) is 122 Å². The van der Waals surface area contributed by atoms with Crippen molar-refractivity contribution in [1.29, 1.82) is 0 Å². The molecule has 0 aromatic carbocycles. The molecule has 9 heteroatoms. The second-order valence-electron chi connectivity index (χ2n) is 3.97. The zero-order valence-corrected chi connectivity index (χ0v) is 10.7. The van der Waals surface area contributed by atoms with Crippen molar-refractivity contribution in [2.45, 2.75) is 13.1 Å². The minimum absolute atomic E-state index is 0.0952. The molecule has 2 heterocycles. The lowest BCUT2D eigenvalue weighted by Gasteiger charge is -2.05. The molecule has 0 radical (unpaired) electrons. The Labute approximate surface area is 113 Å². The lowest BCUT2D eigenvalue weighted by Crippen LogP contribution is -2.35. The molecule has 3 N–H and O–H groups in total. The van der Waals surface area contributed by atoms with Gasteiger partial charge in [0.15, 0.2) is 5.82 Å². The summed E-state index contributed by atoms with van der Waals surface area (Å²) >= 11 is 0. The summed E-state index contributed by atoms with van der Waals surface area (Å²) in [6.07, 6.45) is 1.53. The smallest absolute Gasteiger partial charge is 0.371 e. The Bertz CT molecular complexity index is 618. The van der Waals surface area contributed by atoms with E-state index in [4.69, 9.17) is 9.52 Å². The van der Waals surface area contributed by atoms with Gasteiger partial charge in [-0.15, -0.1) is 10.2 Å². The van der Waals surface area contributed by atoms with E-state index in [-0.39, 0.29) is 18.8 Å². The molecule has 0 bridgehead atoms. The Kier molecular flexibility index (Phi) is 3.99. The predicted molar refractivity (Wildman–Crippen MR) is 65.7 cm³/mol. The number of carbonyl (C=O) groups is 2. The molecule has 0 aliphatic carbocycles. The van der Waals surface area contributed by atoms with Crippen molar-refractivity contribution >= 4 is 12.0 Å². The maximum absolute atomic E-state index is 11.5. The van der Waals surface area contributed by atoms with E-state index in [0.717, 1.165) is 0 Å². The molecule has 106 valence electrons. The Morgan fingerprint density at radius 3 is 2.70 bits per heavy atom. The highest BCUT2D eigenvalue weighted by molar-refractivity contribution is 5.84. The number of carboxylic acid groups (broad SMARTS) is 1. The number of carboxylic acids is 1.